The second kappa shape index (κ2) is 8.49. The van der Waals surface area contributed by atoms with Gasteiger partial charge in [0.05, 0.1) is 8.48 Å². The number of aromatic hydroxyl groups is 1. The molecule has 0 unspecified atom stereocenters. The number of benzene rings is 3. The highest BCUT2D eigenvalue weighted by molar-refractivity contribution is 14.1. The standard InChI is InChI=1S/C22H15IN2O4S/c23-16-10-13(8-9-18(16)26)11-19-21(28)25(22(29)30-19)12-20(27)24-17-7-3-5-14-4-1-2-6-15(14)17/h1-11,26H,12H2,(H,24,27)/b19-11-. The molecule has 30 heavy (non-hydrogen) atoms. The molecule has 0 bridgehead atoms. The van der Waals surface area contributed by atoms with Gasteiger partial charge in [0.1, 0.15) is 12.3 Å². The fourth-order valence-corrected chi connectivity index (χ4v) is 4.45. The third kappa shape index (κ3) is 4.19. The van der Waals surface area contributed by atoms with Gasteiger partial charge in [-0.05, 0) is 69.6 Å². The number of amides is 3. The Balaban J connectivity index is 1.49. The zero-order chi connectivity index (χ0) is 21.3. The summed E-state index contributed by atoms with van der Waals surface area (Å²) in [5.41, 5.74) is 1.31. The molecule has 2 N–H and O–H groups in total. The highest BCUT2D eigenvalue weighted by Crippen LogP contribution is 2.33. The number of nitrogens with zero attached hydrogens (tertiary/aromatic N) is 1. The Kier molecular flexibility index (Phi) is 5.78. The van der Waals surface area contributed by atoms with E-state index in [1.165, 1.54) is 6.07 Å². The molecular weight excluding hydrogens is 515 g/mol. The highest BCUT2D eigenvalue weighted by atomic mass is 127. The minimum Gasteiger partial charge on any atom is -0.507 e. The lowest BCUT2D eigenvalue weighted by molar-refractivity contribution is -0.127. The first-order chi connectivity index (χ1) is 14.4. The molecule has 3 amide bonds. The molecule has 0 radical (unpaired) electrons. The maximum absolute atomic E-state index is 12.7. The predicted octanol–water partition coefficient (Wildman–Crippen LogP) is 4.83. The summed E-state index contributed by atoms with van der Waals surface area (Å²) in [5, 5.41) is 13.8. The monoisotopic (exact) mass is 530 g/mol. The number of nitrogens with one attached hydrogen (secondary N) is 1. The number of hydrogen-bond donors (Lipinski definition) is 2. The number of carbonyl (C=O) groups is 3. The van der Waals surface area contributed by atoms with Crippen molar-refractivity contribution in [3.8, 4) is 5.75 Å². The van der Waals surface area contributed by atoms with Gasteiger partial charge in [-0.3, -0.25) is 19.3 Å². The third-order valence-corrected chi connectivity index (χ3v) is 6.28. The van der Waals surface area contributed by atoms with E-state index in [4.69, 9.17) is 0 Å². The van der Waals surface area contributed by atoms with Gasteiger partial charge in [0.2, 0.25) is 5.91 Å². The fourth-order valence-electron chi connectivity index (χ4n) is 3.07. The van der Waals surface area contributed by atoms with E-state index < -0.39 is 17.1 Å². The number of imide groups is 1. The van der Waals surface area contributed by atoms with Crippen molar-refractivity contribution in [2.45, 2.75) is 0 Å². The Labute approximate surface area is 190 Å². The SMILES string of the molecule is O=C(CN1C(=O)S/C(=C\c2ccc(O)c(I)c2)C1=O)Nc1cccc2ccccc12. The minimum atomic E-state index is -0.513. The molecule has 0 atom stereocenters. The van der Waals surface area contributed by atoms with Crippen LogP contribution in [0.5, 0.6) is 5.75 Å². The van der Waals surface area contributed by atoms with E-state index >= 15 is 0 Å². The Morgan fingerprint density at radius 3 is 2.67 bits per heavy atom. The highest BCUT2D eigenvalue weighted by Gasteiger charge is 2.36. The van der Waals surface area contributed by atoms with Crippen LogP contribution in [0.15, 0.2) is 65.6 Å². The average Bonchev–Trinajstić information content (AvgIpc) is 2.98. The van der Waals surface area contributed by atoms with E-state index in [1.807, 2.05) is 59.0 Å². The summed E-state index contributed by atoms with van der Waals surface area (Å²) in [5.74, 6) is -0.818. The summed E-state index contributed by atoms with van der Waals surface area (Å²) in [6.07, 6.45) is 1.58. The van der Waals surface area contributed by atoms with Crippen LogP contribution < -0.4 is 5.32 Å². The van der Waals surface area contributed by atoms with E-state index in [-0.39, 0.29) is 17.2 Å². The van der Waals surface area contributed by atoms with Crippen molar-refractivity contribution in [1.82, 2.24) is 4.90 Å². The van der Waals surface area contributed by atoms with Crippen molar-refractivity contribution < 1.29 is 19.5 Å². The molecule has 1 aliphatic heterocycles. The minimum absolute atomic E-state index is 0.144. The molecular formula is C22H15IN2O4S. The van der Waals surface area contributed by atoms with Gasteiger partial charge < -0.3 is 10.4 Å². The lowest BCUT2D eigenvalue weighted by Crippen LogP contribution is -2.36. The van der Waals surface area contributed by atoms with E-state index in [9.17, 15) is 19.5 Å². The summed E-state index contributed by atoms with van der Waals surface area (Å²) < 4.78 is 0.634. The van der Waals surface area contributed by atoms with Crippen LogP contribution in [-0.2, 0) is 9.59 Å². The van der Waals surface area contributed by atoms with Gasteiger partial charge in [-0.1, -0.05) is 42.5 Å². The smallest absolute Gasteiger partial charge is 0.294 e. The van der Waals surface area contributed by atoms with Crippen LogP contribution in [0, 0.1) is 3.57 Å². The van der Waals surface area contributed by atoms with Crippen molar-refractivity contribution in [2.24, 2.45) is 0 Å². The van der Waals surface area contributed by atoms with E-state index in [1.54, 1.807) is 24.3 Å². The number of hydrogen-bond acceptors (Lipinski definition) is 5. The van der Waals surface area contributed by atoms with Gasteiger partial charge in [0.15, 0.2) is 0 Å². The summed E-state index contributed by atoms with van der Waals surface area (Å²) >= 11 is 2.77. The summed E-state index contributed by atoms with van der Waals surface area (Å²) in [4.78, 5) is 38.7. The van der Waals surface area contributed by atoms with Gasteiger partial charge in [0.25, 0.3) is 11.1 Å². The molecule has 0 aromatic heterocycles. The number of rotatable bonds is 4. The topological polar surface area (TPSA) is 86.7 Å². The van der Waals surface area contributed by atoms with E-state index in [0.717, 1.165) is 27.4 Å². The number of phenols is 1. The summed E-state index contributed by atoms with van der Waals surface area (Å²) in [6, 6.07) is 18.1. The van der Waals surface area contributed by atoms with Crippen molar-refractivity contribution in [2.75, 3.05) is 11.9 Å². The van der Waals surface area contributed by atoms with Crippen LogP contribution in [0.25, 0.3) is 16.8 Å². The van der Waals surface area contributed by atoms with Crippen LogP contribution in [0.4, 0.5) is 10.5 Å². The van der Waals surface area contributed by atoms with Gasteiger partial charge >= 0.3 is 0 Å². The second-order valence-electron chi connectivity index (χ2n) is 6.55. The Bertz CT molecular complexity index is 1220. The van der Waals surface area contributed by atoms with E-state index in [0.29, 0.717) is 14.8 Å². The molecule has 1 aliphatic rings. The molecule has 6 nitrogen and oxygen atoms in total. The first-order valence-corrected chi connectivity index (χ1v) is 10.8. The second-order valence-corrected chi connectivity index (χ2v) is 8.71. The first-order valence-electron chi connectivity index (χ1n) is 8.94. The normalized spacial score (nSPS) is 15.2. The van der Waals surface area contributed by atoms with Crippen molar-refractivity contribution in [3.05, 3.63) is 74.7 Å². The molecule has 8 heteroatoms. The molecule has 0 aliphatic carbocycles. The van der Waals surface area contributed by atoms with Crippen LogP contribution in [0.3, 0.4) is 0 Å². The number of thioether (sulfide) groups is 1. The van der Waals surface area contributed by atoms with Crippen LogP contribution in [0.2, 0.25) is 0 Å². The predicted molar refractivity (Wildman–Crippen MR) is 126 cm³/mol. The average molecular weight is 530 g/mol. The number of halogens is 1. The number of fused-ring (bicyclic) bond motifs is 1. The first kappa shape index (κ1) is 20.4. The maximum Gasteiger partial charge on any atom is 0.294 e. The number of anilines is 1. The Hall–Kier alpha value is -2.85. The number of phenolic OH excluding ortho intramolecular Hbond substituents is 1. The van der Waals surface area contributed by atoms with Gasteiger partial charge in [-0.15, -0.1) is 0 Å². The largest absolute Gasteiger partial charge is 0.507 e. The Morgan fingerprint density at radius 2 is 1.87 bits per heavy atom. The van der Waals surface area contributed by atoms with Gasteiger partial charge in [-0.25, -0.2) is 0 Å². The van der Waals surface area contributed by atoms with Crippen molar-refractivity contribution in [3.63, 3.8) is 0 Å². The van der Waals surface area contributed by atoms with Crippen LogP contribution >= 0.6 is 34.4 Å². The molecule has 4 rings (SSSR count). The molecule has 150 valence electrons. The molecule has 1 fully saturated rings. The molecule has 0 spiro atoms. The zero-order valence-electron chi connectivity index (χ0n) is 15.5. The summed E-state index contributed by atoms with van der Waals surface area (Å²) in [7, 11) is 0. The molecule has 3 aromatic carbocycles. The third-order valence-electron chi connectivity index (χ3n) is 4.51. The lowest BCUT2D eigenvalue weighted by atomic mass is 10.1. The summed E-state index contributed by atoms with van der Waals surface area (Å²) in [6.45, 7) is -0.363. The van der Waals surface area contributed by atoms with Crippen molar-refractivity contribution in [1.29, 1.82) is 0 Å². The molecule has 0 saturated carbocycles. The maximum atomic E-state index is 12.7. The molecule has 3 aromatic rings. The lowest BCUT2D eigenvalue weighted by Gasteiger charge is -2.13. The van der Waals surface area contributed by atoms with Crippen LogP contribution in [-0.4, -0.2) is 33.6 Å². The van der Waals surface area contributed by atoms with Gasteiger partial charge in [-0.2, -0.15) is 0 Å². The van der Waals surface area contributed by atoms with Gasteiger partial charge in [0, 0.05) is 11.1 Å². The Morgan fingerprint density at radius 1 is 1.10 bits per heavy atom. The fraction of sp³-hybridized carbons (Fsp3) is 0.0455. The van der Waals surface area contributed by atoms with E-state index in [2.05, 4.69) is 5.32 Å². The van der Waals surface area contributed by atoms with Crippen LogP contribution in [0.1, 0.15) is 5.56 Å². The number of carbonyl (C=O) groups excluding carboxylic acids is 3. The molecule has 1 saturated heterocycles. The van der Waals surface area contributed by atoms with Crippen molar-refractivity contribution >= 4 is 73.9 Å². The quantitative estimate of drug-likeness (QED) is 0.373. The molecule has 1 heterocycles. The zero-order valence-corrected chi connectivity index (χ0v) is 18.4.